The predicted octanol–water partition coefficient (Wildman–Crippen LogP) is 4.01. The summed E-state index contributed by atoms with van der Waals surface area (Å²) in [4.78, 5) is 16.6. The van der Waals surface area contributed by atoms with Gasteiger partial charge in [-0.05, 0) is 42.8 Å². The number of halogens is 1. The predicted molar refractivity (Wildman–Crippen MR) is 100 cm³/mol. The lowest BCUT2D eigenvalue weighted by Gasteiger charge is -2.09. The molecule has 0 fully saturated rings. The number of benzene rings is 2. The van der Waals surface area contributed by atoms with Crippen molar-refractivity contribution in [1.29, 1.82) is 0 Å². The van der Waals surface area contributed by atoms with E-state index in [4.69, 9.17) is 11.6 Å². The van der Waals surface area contributed by atoms with Crippen LogP contribution < -0.4 is 5.32 Å². The summed E-state index contributed by atoms with van der Waals surface area (Å²) in [6, 6.07) is 14.4. The third-order valence-corrected chi connectivity index (χ3v) is 4.52. The monoisotopic (exact) mass is 363 g/mol. The first-order valence-corrected chi connectivity index (χ1v) is 8.34. The highest BCUT2D eigenvalue weighted by molar-refractivity contribution is 6.31. The molecule has 0 aliphatic carbocycles. The molecule has 0 bridgehead atoms. The Labute approximate surface area is 154 Å². The number of carbonyl (C=O) groups is 1. The smallest absolute Gasteiger partial charge is 0.255 e. The van der Waals surface area contributed by atoms with Crippen LogP contribution in [0.3, 0.4) is 0 Å². The van der Waals surface area contributed by atoms with E-state index < -0.39 is 0 Å². The summed E-state index contributed by atoms with van der Waals surface area (Å²) in [5.41, 5.74) is 2.92. The summed E-state index contributed by atoms with van der Waals surface area (Å²) in [6.45, 7) is 1.87. The van der Waals surface area contributed by atoms with Gasteiger partial charge in [-0.3, -0.25) is 9.20 Å². The van der Waals surface area contributed by atoms with Crippen molar-refractivity contribution in [2.45, 2.75) is 6.92 Å². The molecule has 2 aromatic carbocycles. The molecule has 0 aliphatic heterocycles. The van der Waals surface area contributed by atoms with Crippen molar-refractivity contribution in [3.05, 3.63) is 77.1 Å². The zero-order valence-electron chi connectivity index (χ0n) is 13.8. The molecule has 0 atom stereocenters. The van der Waals surface area contributed by atoms with E-state index in [1.54, 1.807) is 34.9 Å². The van der Waals surface area contributed by atoms with Crippen LogP contribution in [0.5, 0.6) is 0 Å². The third kappa shape index (κ3) is 2.91. The average molecular weight is 364 g/mol. The van der Waals surface area contributed by atoms with Gasteiger partial charge < -0.3 is 5.32 Å². The van der Waals surface area contributed by atoms with Crippen LogP contribution in [0, 0.1) is 6.92 Å². The van der Waals surface area contributed by atoms with Crippen LogP contribution in [0.2, 0.25) is 5.02 Å². The topological polar surface area (TPSA) is 72.2 Å². The van der Waals surface area contributed by atoms with Crippen molar-refractivity contribution >= 4 is 29.0 Å². The minimum atomic E-state index is -0.199. The Morgan fingerprint density at radius 2 is 1.88 bits per heavy atom. The number of amides is 1. The van der Waals surface area contributed by atoms with E-state index in [9.17, 15) is 4.79 Å². The Kier molecular flexibility index (Phi) is 4.10. The summed E-state index contributed by atoms with van der Waals surface area (Å²) >= 11 is 6.10. The second-order valence-corrected chi connectivity index (χ2v) is 6.16. The van der Waals surface area contributed by atoms with E-state index in [1.807, 2.05) is 37.4 Å². The Morgan fingerprint density at radius 1 is 1.08 bits per heavy atom. The van der Waals surface area contributed by atoms with Crippen LogP contribution in [0.15, 0.2) is 60.9 Å². The second kappa shape index (κ2) is 6.57. The number of hydrogen-bond donors (Lipinski definition) is 1. The molecule has 0 unspecified atom stereocenters. The van der Waals surface area contributed by atoms with Gasteiger partial charge in [-0.25, -0.2) is 4.98 Å². The fourth-order valence-electron chi connectivity index (χ4n) is 2.65. The molecule has 0 radical (unpaired) electrons. The molecule has 7 heteroatoms. The summed E-state index contributed by atoms with van der Waals surface area (Å²) in [5.74, 6) is 1.00. The van der Waals surface area contributed by atoms with Gasteiger partial charge in [-0.2, -0.15) is 0 Å². The molecule has 0 saturated heterocycles. The van der Waals surface area contributed by atoms with Crippen LogP contribution in [0.1, 0.15) is 15.9 Å². The average Bonchev–Trinajstić information content (AvgIpc) is 3.10. The molecular weight excluding hydrogens is 350 g/mol. The van der Waals surface area contributed by atoms with Crippen LogP contribution in [0.25, 0.3) is 17.2 Å². The number of nitrogens with zero attached hydrogens (tertiary/aromatic N) is 4. The number of carbonyl (C=O) groups excluding carboxylic acids is 1. The van der Waals surface area contributed by atoms with Crippen molar-refractivity contribution < 1.29 is 4.79 Å². The fraction of sp³-hybridized carbons (Fsp3) is 0.0526. The Hall–Kier alpha value is -3.25. The first-order valence-electron chi connectivity index (χ1n) is 7.96. The molecule has 6 nitrogen and oxygen atoms in total. The molecule has 2 heterocycles. The van der Waals surface area contributed by atoms with Gasteiger partial charge in [0.1, 0.15) is 0 Å². The normalized spacial score (nSPS) is 10.8. The molecule has 4 rings (SSSR count). The highest BCUT2D eigenvalue weighted by atomic mass is 35.5. The number of fused-ring (bicyclic) bond motifs is 1. The molecule has 26 heavy (non-hydrogen) atoms. The van der Waals surface area contributed by atoms with Crippen molar-refractivity contribution in [3.63, 3.8) is 0 Å². The maximum absolute atomic E-state index is 12.5. The van der Waals surface area contributed by atoms with Gasteiger partial charge >= 0.3 is 0 Å². The lowest BCUT2D eigenvalue weighted by atomic mass is 10.1. The molecule has 1 amide bonds. The maximum atomic E-state index is 12.5. The van der Waals surface area contributed by atoms with Gasteiger partial charge in [-0.15, -0.1) is 10.2 Å². The van der Waals surface area contributed by atoms with E-state index >= 15 is 0 Å². The zero-order valence-corrected chi connectivity index (χ0v) is 14.6. The lowest BCUT2D eigenvalue weighted by Crippen LogP contribution is -2.12. The van der Waals surface area contributed by atoms with Gasteiger partial charge in [-0.1, -0.05) is 29.8 Å². The third-order valence-electron chi connectivity index (χ3n) is 4.11. The lowest BCUT2D eigenvalue weighted by molar-refractivity contribution is 0.102. The summed E-state index contributed by atoms with van der Waals surface area (Å²) in [7, 11) is 0. The highest BCUT2D eigenvalue weighted by Crippen LogP contribution is 2.24. The number of hydrogen-bond acceptors (Lipinski definition) is 4. The largest absolute Gasteiger partial charge is 0.322 e. The van der Waals surface area contributed by atoms with E-state index in [0.717, 1.165) is 11.1 Å². The van der Waals surface area contributed by atoms with E-state index in [2.05, 4.69) is 20.5 Å². The molecule has 2 aromatic heterocycles. The summed E-state index contributed by atoms with van der Waals surface area (Å²) < 4.78 is 1.80. The molecule has 4 aromatic rings. The summed E-state index contributed by atoms with van der Waals surface area (Å²) in [6.07, 6.45) is 3.51. The Morgan fingerprint density at radius 3 is 2.69 bits per heavy atom. The number of nitrogens with one attached hydrogen (secondary N) is 1. The number of anilines is 1. The molecular formula is C19H14ClN5O. The minimum Gasteiger partial charge on any atom is -0.322 e. The van der Waals surface area contributed by atoms with Gasteiger partial charge in [0.05, 0.1) is 0 Å². The first kappa shape index (κ1) is 16.2. The molecule has 0 aliphatic rings. The van der Waals surface area contributed by atoms with Crippen LogP contribution in [-0.4, -0.2) is 25.5 Å². The van der Waals surface area contributed by atoms with E-state index in [1.165, 1.54) is 0 Å². The van der Waals surface area contributed by atoms with Gasteiger partial charge in [0.25, 0.3) is 11.7 Å². The number of rotatable bonds is 3. The summed E-state index contributed by atoms with van der Waals surface area (Å²) in [5, 5.41) is 11.7. The van der Waals surface area contributed by atoms with E-state index in [-0.39, 0.29) is 5.91 Å². The van der Waals surface area contributed by atoms with Crippen molar-refractivity contribution in [3.8, 4) is 11.4 Å². The van der Waals surface area contributed by atoms with Gasteiger partial charge in [0.15, 0.2) is 5.82 Å². The maximum Gasteiger partial charge on any atom is 0.255 e. The minimum absolute atomic E-state index is 0.199. The highest BCUT2D eigenvalue weighted by Gasteiger charge is 2.12. The van der Waals surface area contributed by atoms with Crippen LogP contribution in [-0.2, 0) is 0 Å². The molecule has 0 saturated carbocycles. The standard InChI is InChI=1S/C19H14ClN5O/c1-12-15(20)4-2-5-16(12)22-18(26)14-8-6-13(7-9-14)17-23-24-19-21-10-3-11-25(17)19/h2-11H,1H3,(H,22,26). The van der Waals surface area contributed by atoms with Crippen molar-refractivity contribution in [1.82, 2.24) is 19.6 Å². The van der Waals surface area contributed by atoms with Crippen molar-refractivity contribution in [2.75, 3.05) is 5.32 Å². The van der Waals surface area contributed by atoms with Gasteiger partial charge in [0, 0.05) is 34.2 Å². The molecule has 1 N–H and O–H groups in total. The SMILES string of the molecule is Cc1c(Cl)cccc1NC(=O)c1ccc(-c2nnc3ncccn23)cc1. The van der Waals surface area contributed by atoms with Gasteiger partial charge in [0.2, 0.25) is 0 Å². The quantitative estimate of drug-likeness (QED) is 0.597. The van der Waals surface area contributed by atoms with Crippen LogP contribution in [0.4, 0.5) is 5.69 Å². The second-order valence-electron chi connectivity index (χ2n) is 5.76. The van der Waals surface area contributed by atoms with E-state index in [0.29, 0.717) is 27.9 Å². The Balaban J connectivity index is 1.59. The zero-order chi connectivity index (χ0) is 18.1. The number of aromatic nitrogens is 4. The Bertz CT molecular complexity index is 1100. The van der Waals surface area contributed by atoms with Crippen LogP contribution >= 0.6 is 11.6 Å². The fourth-order valence-corrected chi connectivity index (χ4v) is 2.82. The van der Waals surface area contributed by atoms with Crippen molar-refractivity contribution in [2.24, 2.45) is 0 Å². The molecule has 0 spiro atoms. The first-order chi connectivity index (χ1) is 12.6. The molecule has 128 valence electrons.